The summed E-state index contributed by atoms with van der Waals surface area (Å²) in [6, 6.07) is 3.35. The molecule has 0 bridgehead atoms. The molecule has 4 N–H and O–H groups in total. The standard InChI is InChI=1S/C8H10N2O2/c1-4-11-7-2-5(9)6(10)3-8(7)12-4/h2-4H,9-10H2,1H3. The van der Waals surface area contributed by atoms with E-state index in [0.717, 1.165) is 0 Å². The molecule has 4 nitrogen and oxygen atoms in total. The summed E-state index contributed by atoms with van der Waals surface area (Å²) in [6.45, 7) is 1.81. The van der Waals surface area contributed by atoms with Gasteiger partial charge < -0.3 is 20.9 Å². The van der Waals surface area contributed by atoms with E-state index in [-0.39, 0.29) is 6.29 Å². The fraction of sp³-hybridized carbons (Fsp3) is 0.250. The first-order valence-electron chi connectivity index (χ1n) is 3.69. The van der Waals surface area contributed by atoms with Crippen molar-refractivity contribution in [3.8, 4) is 11.5 Å². The van der Waals surface area contributed by atoms with Crippen LogP contribution in [-0.2, 0) is 0 Å². The quantitative estimate of drug-likeness (QED) is 0.563. The molecule has 0 fully saturated rings. The zero-order chi connectivity index (χ0) is 8.72. The zero-order valence-corrected chi connectivity index (χ0v) is 6.70. The van der Waals surface area contributed by atoms with Crippen LogP contribution in [0, 0.1) is 0 Å². The van der Waals surface area contributed by atoms with Crippen molar-refractivity contribution in [3.63, 3.8) is 0 Å². The van der Waals surface area contributed by atoms with Crippen molar-refractivity contribution in [2.24, 2.45) is 0 Å². The van der Waals surface area contributed by atoms with Gasteiger partial charge in [-0.1, -0.05) is 0 Å². The molecule has 64 valence electrons. The molecule has 0 amide bonds. The lowest BCUT2D eigenvalue weighted by atomic mass is 10.2. The zero-order valence-electron chi connectivity index (χ0n) is 6.70. The van der Waals surface area contributed by atoms with Gasteiger partial charge in [0.05, 0.1) is 11.4 Å². The number of nitrogen functional groups attached to an aromatic ring is 2. The number of hydrogen-bond donors (Lipinski definition) is 2. The second-order valence-corrected chi connectivity index (χ2v) is 2.73. The van der Waals surface area contributed by atoms with Gasteiger partial charge in [0, 0.05) is 19.1 Å². The van der Waals surface area contributed by atoms with Crippen LogP contribution in [0.5, 0.6) is 11.5 Å². The number of fused-ring (bicyclic) bond motifs is 1. The van der Waals surface area contributed by atoms with Gasteiger partial charge in [-0.2, -0.15) is 0 Å². The fourth-order valence-electron chi connectivity index (χ4n) is 1.16. The lowest BCUT2D eigenvalue weighted by molar-refractivity contribution is 0.0679. The van der Waals surface area contributed by atoms with Crippen LogP contribution in [0.25, 0.3) is 0 Å². The molecule has 1 aromatic rings. The highest BCUT2D eigenvalue weighted by molar-refractivity contribution is 5.70. The van der Waals surface area contributed by atoms with Gasteiger partial charge in [0.15, 0.2) is 11.5 Å². The van der Waals surface area contributed by atoms with Gasteiger partial charge in [-0.05, 0) is 0 Å². The van der Waals surface area contributed by atoms with Gasteiger partial charge in [0.2, 0.25) is 6.29 Å². The topological polar surface area (TPSA) is 70.5 Å². The van der Waals surface area contributed by atoms with Crippen LogP contribution in [0.2, 0.25) is 0 Å². The molecule has 0 unspecified atom stereocenters. The molecule has 4 heteroatoms. The number of benzene rings is 1. The summed E-state index contributed by atoms with van der Waals surface area (Å²) < 4.78 is 10.6. The third-order valence-electron chi connectivity index (χ3n) is 1.74. The lowest BCUT2D eigenvalue weighted by Gasteiger charge is -2.00. The number of rotatable bonds is 0. The Labute approximate surface area is 70.1 Å². The van der Waals surface area contributed by atoms with Gasteiger partial charge in [0.25, 0.3) is 0 Å². The number of hydrogen-bond acceptors (Lipinski definition) is 4. The molecule has 2 rings (SSSR count). The number of anilines is 2. The monoisotopic (exact) mass is 166 g/mol. The molecule has 1 aromatic carbocycles. The van der Waals surface area contributed by atoms with E-state index in [2.05, 4.69) is 0 Å². The summed E-state index contributed by atoms with van der Waals surface area (Å²) in [4.78, 5) is 0. The molecule has 1 heterocycles. The van der Waals surface area contributed by atoms with E-state index in [1.807, 2.05) is 6.92 Å². The maximum atomic E-state index is 5.58. The van der Waals surface area contributed by atoms with Crippen LogP contribution in [-0.4, -0.2) is 6.29 Å². The lowest BCUT2D eigenvalue weighted by Crippen LogP contribution is -2.11. The Morgan fingerprint density at radius 3 is 1.92 bits per heavy atom. The molecule has 1 aliphatic heterocycles. The fourth-order valence-corrected chi connectivity index (χ4v) is 1.16. The molecule has 0 spiro atoms. The van der Waals surface area contributed by atoms with E-state index < -0.39 is 0 Å². The van der Waals surface area contributed by atoms with E-state index in [9.17, 15) is 0 Å². The molecule has 0 radical (unpaired) electrons. The number of nitrogens with two attached hydrogens (primary N) is 2. The van der Waals surface area contributed by atoms with Gasteiger partial charge >= 0.3 is 0 Å². The second kappa shape index (κ2) is 2.20. The molecule has 0 saturated carbocycles. The third kappa shape index (κ3) is 0.922. The van der Waals surface area contributed by atoms with Crippen molar-refractivity contribution in [2.45, 2.75) is 13.2 Å². The first-order chi connectivity index (χ1) is 5.66. The second-order valence-electron chi connectivity index (χ2n) is 2.73. The first kappa shape index (κ1) is 7.09. The predicted octanol–water partition coefficient (Wildman–Crippen LogP) is 0.968. The van der Waals surface area contributed by atoms with Crippen LogP contribution in [0.4, 0.5) is 11.4 Å². The van der Waals surface area contributed by atoms with E-state index in [4.69, 9.17) is 20.9 Å². The summed E-state index contributed by atoms with van der Waals surface area (Å²) in [6.07, 6.45) is -0.249. The Kier molecular flexibility index (Phi) is 1.30. The van der Waals surface area contributed by atoms with Gasteiger partial charge in [-0.25, -0.2) is 0 Å². The van der Waals surface area contributed by atoms with Crippen LogP contribution in [0.3, 0.4) is 0 Å². The van der Waals surface area contributed by atoms with Crippen LogP contribution >= 0.6 is 0 Å². The highest BCUT2D eigenvalue weighted by Crippen LogP contribution is 2.38. The summed E-state index contributed by atoms with van der Waals surface area (Å²) in [5.41, 5.74) is 12.2. The Bertz CT molecular complexity index is 294. The average molecular weight is 166 g/mol. The van der Waals surface area contributed by atoms with E-state index in [1.165, 1.54) is 0 Å². The van der Waals surface area contributed by atoms with Crippen molar-refractivity contribution in [2.75, 3.05) is 11.5 Å². The predicted molar refractivity (Wildman–Crippen MR) is 46.0 cm³/mol. The SMILES string of the molecule is CC1Oc2cc(N)c(N)cc2O1. The Morgan fingerprint density at radius 1 is 1.08 bits per heavy atom. The highest BCUT2D eigenvalue weighted by atomic mass is 16.7. The molecule has 12 heavy (non-hydrogen) atoms. The molecular formula is C8H10N2O2. The van der Waals surface area contributed by atoms with E-state index in [0.29, 0.717) is 22.9 Å². The number of ether oxygens (including phenoxy) is 2. The molecule has 0 atom stereocenters. The normalized spacial score (nSPS) is 15.1. The van der Waals surface area contributed by atoms with Gasteiger partial charge in [0.1, 0.15) is 0 Å². The molecule has 0 aromatic heterocycles. The van der Waals surface area contributed by atoms with Crippen molar-refractivity contribution in [1.29, 1.82) is 0 Å². The third-order valence-corrected chi connectivity index (χ3v) is 1.74. The van der Waals surface area contributed by atoms with Crippen molar-refractivity contribution in [3.05, 3.63) is 12.1 Å². The van der Waals surface area contributed by atoms with E-state index in [1.54, 1.807) is 12.1 Å². The molecule has 0 aliphatic carbocycles. The summed E-state index contributed by atoms with van der Waals surface area (Å²) in [5, 5.41) is 0. The van der Waals surface area contributed by atoms with Gasteiger partial charge in [-0.3, -0.25) is 0 Å². The minimum absolute atomic E-state index is 0.249. The minimum Gasteiger partial charge on any atom is -0.451 e. The first-order valence-corrected chi connectivity index (χ1v) is 3.69. The van der Waals surface area contributed by atoms with Crippen LogP contribution < -0.4 is 20.9 Å². The largest absolute Gasteiger partial charge is 0.451 e. The van der Waals surface area contributed by atoms with Crippen LogP contribution in [0.1, 0.15) is 6.92 Å². The Balaban J connectivity index is 2.48. The Hall–Kier alpha value is -1.58. The maximum Gasteiger partial charge on any atom is 0.238 e. The summed E-state index contributed by atoms with van der Waals surface area (Å²) in [7, 11) is 0. The molecular weight excluding hydrogens is 156 g/mol. The minimum atomic E-state index is -0.249. The molecule has 0 saturated heterocycles. The maximum absolute atomic E-state index is 5.58. The highest BCUT2D eigenvalue weighted by Gasteiger charge is 2.20. The summed E-state index contributed by atoms with van der Waals surface area (Å²) >= 11 is 0. The van der Waals surface area contributed by atoms with Gasteiger partial charge in [-0.15, -0.1) is 0 Å². The average Bonchev–Trinajstić information content (AvgIpc) is 2.30. The summed E-state index contributed by atoms with van der Waals surface area (Å²) in [5.74, 6) is 1.32. The van der Waals surface area contributed by atoms with Crippen molar-refractivity contribution in [1.82, 2.24) is 0 Å². The smallest absolute Gasteiger partial charge is 0.238 e. The van der Waals surface area contributed by atoms with Crippen molar-refractivity contribution < 1.29 is 9.47 Å². The Morgan fingerprint density at radius 2 is 1.50 bits per heavy atom. The van der Waals surface area contributed by atoms with E-state index >= 15 is 0 Å². The van der Waals surface area contributed by atoms with Crippen molar-refractivity contribution >= 4 is 11.4 Å². The van der Waals surface area contributed by atoms with Crippen LogP contribution in [0.15, 0.2) is 12.1 Å². The molecule has 1 aliphatic rings.